The molecule has 5 nitrogen and oxygen atoms in total. The van der Waals surface area contributed by atoms with Gasteiger partial charge in [0.2, 0.25) is 0 Å². The van der Waals surface area contributed by atoms with E-state index in [0.717, 1.165) is 11.1 Å². The first kappa shape index (κ1) is 21.7. The van der Waals surface area contributed by atoms with E-state index >= 15 is 0 Å². The molecule has 0 saturated heterocycles. The zero-order valence-corrected chi connectivity index (χ0v) is 18.9. The van der Waals surface area contributed by atoms with Crippen LogP contribution in [0.3, 0.4) is 0 Å². The molecule has 0 fully saturated rings. The molecule has 1 aliphatic rings. The first-order chi connectivity index (χ1) is 15.4. The number of carbonyl (C=O) groups excluding carboxylic acids is 2. The highest BCUT2D eigenvalue weighted by atomic mass is 35.5. The molecule has 0 aliphatic carbocycles. The molecule has 1 aliphatic heterocycles. The predicted octanol–water partition coefficient (Wildman–Crippen LogP) is 5.75. The first-order valence-electron chi connectivity index (χ1n) is 10.4. The van der Waals surface area contributed by atoms with E-state index in [9.17, 15) is 9.59 Å². The summed E-state index contributed by atoms with van der Waals surface area (Å²) in [5.41, 5.74) is 4.09. The minimum atomic E-state index is -0.412. The fourth-order valence-electron chi connectivity index (χ4n) is 3.65. The second-order valence-electron chi connectivity index (χ2n) is 7.53. The van der Waals surface area contributed by atoms with Crippen LogP contribution in [0.15, 0.2) is 72.4 Å². The van der Waals surface area contributed by atoms with Crippen molar-refractivity contribution >= 4 is 40.4 Å². The van der Waals surface area contributed by atoms with Gasteiger partial charge in [-0.05, 0) is 67.8 Å². The maximum Gasteiger partial charge on any atom is 0.282 e. The summed E-state index contributed by atoms with van der Waals surface area (Å²) in [7, 11) is 0. The number of nitrogens with one attached hydrogen (secondary N) is 1. The number of hydrogen-bond acceptors (Lipinski definition) is 4. The highest BCUT2D eigenvalue weighted by Crippen LogP contribution is 2.36. The Labute approximate surface area is 192 Å². The summed E-state index contributed by atoms with van der Waals surface area (Å²) in [5, 5.41) is 3.72. The van der Waals surface area contributed by atoms with Crippen LogP contribution in [0.25, 0.3) is 5.57 Å². The van der Waals surface area contributed by atoms with Gasteiger partial charge in [-0.2, -0.15) is 0 Å². The molecule has 0 radical (unpaired) electrons. The van der Waals surface area contributed by atoms with Crippen molar-refractivity contribution < 1.29 is 14.3 Å². The zero-order chi connectivity index (χ0) is 22.8. The van der Waals surface area contributed by atoms with Gasteiger partial charge in [0.25, 0.3) is 11.8 Å². The van der Waals surface area contributed by atoms with Crippen LogP contribution in [0.1, 0.15) is 23.6 Å². The number of imide groups is 1. The van der Waals surface area contributed by atoms with Gasteiger partial charge >= 0.3 is 0 Å². The van der Waals surface area contributed by atoms with Crippen molar-refractivity contribution in [2.75, 3.05) is 16.8 Å². The fraction of sp³-hybridized carbons (Fsp3) is 0.154. The number of aryl methyl sites for hydroxylation is 2. The number of halogens is 1. The van der Waals surface area contributed by atoms with Crippen LogP contribution < -0.4 is 15.0 Å². The van der Waals surface area contributed by atoms with Crippen molar-refractivity contribution in [2.24, 2.45) is 0 Å². The number of amides is 2. The molecule has 3 aromatic carbocycles. The number of rotatable bonds is 6. The molecular formula is C26H23ClN2O3. The Kier molecular flexibility index (Phi) is 6.01. The molecule has 1 N–H and O–H groups in total. The lowest BCUT2D eigenvalue weighted by atomic mass is 10.0. The Balaban J connectivity index is 1.81. The molecule has 4 rings (SSSR count). The summed E-state index contributed by atoms with van der Waals surface area (Å²) >= 11 is 6.28. The van der Waals surface area contributed by atoms with E-state index in [2.05, 4.69) is 5.32 Å². The molecule has 3 aromatic rings. The quantitative estimate of drug-likeness (QED) is 0.489. The molecule has 0 spiro atoms. The van der Waals surface area contributed by atoms with E-state index in [1.165, 1.54) is 4.90 Å². The van der Waals surface area contributed by atoms with E-state index in [4.69, 9.17) is 16.3 Å². The van der Waals surface area contributed by atoms with Crippen molar-refractivity contribution in [3.8, 4) is 5.75 Å². The first-order valence-corrected chi connectivity index (χ1v) is 10.7. The van der Waals surface area contributed by atoms with Gasteiger partial charge in [0.15, 0.2) is 0 Å². The van der Waals surface area contributed by atoms with Crippen LogP contribution in [0.4, 0.5) is 11.4 Å². The van der Waals surface area contributed by atoms with Crippen molar-refractivity contribution in [1.29, 1.82) is 0 Å². The second-order valence-corrected chi connectivity index (χ2v) is 7.94. The summed E-state index contributed by atoms with van der Waals surface area (Å²) < 4.78 is 5.52. The number of nitrogens with zero attached hydrogens (tertiary/aromatic N) is 1. The van der Waals surface area contributed by atoms with Crippen molar-refractivity contribution in [3.63, 3.8) is 0 Å². The standard InChI is InChI=1S/C26H23ClN2O3/c1-4-32-20-13-10-18(11-14-20)23-24(28-19-12-9-16(2)21(27)15-19)26(31)29(25(23)30)22-8-6-5-7-17(22)3/h5-15,28H,4H2,1-3H3. The molecular weight excluding hydrogens is 424 g/mol. The van der Waals surface area contributed by atoms with Crippen LogP contribution in [-0.4, -0.2) is 18.4 Å². The van der Waals surface area contributed by atoms with Gasteiger partial charge in [0.05, 0.1) is 17.9 Å². The predicted molar refractivity (Wildman–Crippen MR) is 128 cm³/mol. The maximum absolute atomic E-state index is 13.6. The largest absolute Gasteiger partial charge is 0.494 e. The van der Waals surface area contributed by atoms with Gasteiger partial charge in [0, 0.05) is 10.7 Å². The van der Waals surface area contributed by atoms with E-state index in [1.54, 1.807) is 36.4 Å². The van der Waals surface area contributed by atoms with Crippen LogP contribution in [0.5, 0.6) is 5.75 Å². The number of ether oxygens (including phenoxy) is 1. The molecule has 162 valence electrons. The Morgan fingerprint density at radius 2 is 1.62 bits per heavy atom. The van der Waals surface area contributed by atoms with Crippen LogP contribution in [0.2, 0.25) is 5.02 Å². The van der Waals surface area contributed by atoms with Gasteiger partial charge < -0.3 is 10.1 Å². The van der Waals surface area contributed by atoms with Gasteiger partial charge in [-0.15, -0.1) is 0 Å². The summed E-state index contributed by atoms with van der Waals surface area (Å²) in [6.07, 6.45) is 0. The average molecular weight is 447 g/mol. The van der Waals surface area contributed by atoms with Crippen molar-refractivity contribution in [1.82, 2.24) is 0 Å². The third-order valence-electron chi connectivity index (χ3n) is 5.34. The third kappa shape index (κ3) is 3.99. The molecule has 0 aromatic heterocycles. The number of hydrogen-bond donors (Lipinski definition) is 1. The SMILES string of the molecule is CCOc1ccc(C2=C(Nc3ccc(C)c(Cl)c3)C(=O)N(c3ccccc3C)C2=O)cc1. The van der Waals surface area contributed by atoms with E-state index in [1.807, 2.05) is 51.1 Å². The Morgan fingerprint density at radius 3 is 2.28 bits per heavy atom. The van der Waals surface area contributed by atoms with Crippen LogP contribution in [-0.2, 0) is 9.59 Å². The topological polar surface area (TPSA) is 58.6 Å². The van der Waals surface area contributed by atoms with Gasteiger partial charge in [-0.25, -0.2) is 4.90 Å². The van der Waals surface area contributed by atoms with Crippen molar-refractivity contribution in [2.45, 2.75) is 20.8 Å². The average Bonchev–Trinajstić information content (AvgIpc) is 3.01. The Morgan fingerprint density at radius 1 is 0.906 bits per heavy atom. The summed E-state index contributed by atoms with van der Waals surface area (Å²) in [6, 6.07) is 19.9. The highest BCUT2D eigenvalue weighted by Gasteiger charge is 2.40. The normalized spacial score (nSPS) is 13.7. The number of carbonyl (C=O) groups is 2. The number of anilines is 2. The second kappa shape index (κ2) is 8.89. The minimum absolute atomic E-state index is 0.210. The molecule has 0 unspecified atom stereocenters. The summed E-state index contributed by atoms with van der Waals surface area (Å²) in [5.74, 6) is -0.0942. The molecule has 32 heavy (non-hydrogen) atoms. The maximum atomic E-state index is 13.6. The number of para-hydroxylation sites is 1. The molecule has 0 bridgehead atoms. The van der Waals surface area contributed by atoms with E-state index in [-0.39, 0.29) is 11.6 Å². The zero-order valence-electron chi connectivity index (χ0n) is 18.1. The minimum Gasteiger partial charge on any atom is -0.494 e. The molecule has 1 heterocycles. The summed E-state index contributed by atoms with van der Waals surface area (Å²) in [6.45, 7) is 6.23. The number of benzene rings is 3. The van der Waals surface area contributed by atoms with E-state index < -0.39 is 5.91 Å². The lowest BCUT2D eigenvalue weighted by Gasteiger charge is -2.17. The molecule has 0 atom stereocenters. The molecule has 2 amide bonds. The summed E-state index contributed by atoms with van der Waals surface area (Å²) in [4.78, 5) is 28.3. The van der Waals surface area contributed by atoms with Crippen LogP contribution >= 0.6 is 11.6 Å². The monoisotopic (exact) mass is 446 g/mol. The van der Waals surface area contributed by atoms with E-state index in [0.29, 0.717) is 39.9 Å². The Hall–Kier alpha value is -3.57. The molecule has 0 saturated carbocycles. The van der Waals surface area contributed by atoms with Crippen molar-refractivity contribution in [3.05, 3.63) is 94.1 Å². The lowest BCUT2D eigenvalue weighted by Crippen LogP contribution is -2.33. The van der Waals surface area contributed by atoms with Gasteiger partial charge in [-0.3, -0.25) is 9.59 Å². The van der Waals surface area contributed by atoms with Gasteiger partial charge in [-0.1, -0.05) is 48.0 Å². The highest BCUT2D eigenvalue weighted by molar-refractivity contribution is 6.46. The van der Waals surface area contributed by atoms with Gasteiger partial charge in [0.1, 0.15) is 11.4 Å². The Bertz CT molecular complexity index is 1230. The van der Waals surface area contributed by atoms with Crippen LogP contribution in [0, 0.1) is 13.8 Å². The lowest BCUT2D eigenvalue weighted by molar-refractivity contribution is -0.120. The fourth-order valence-corrected chi connectivity index (χ4v) is 3.83. The molecule has 6 heteroatoms. The third-order valence-corrected chi connectivity index (χ3v) is 5.74. The smallest absolute Gasteiger partial charge is 0.282 e.